The number of nitrogens with zero attached hydrogens (tertiary/aromatic N) is 1. The van der Waals surface area contributed by atoms with Gasteiger partial charge < -0.3 is 5.73 Å². The SMILES string of the molecule is CCc1ncc(C(N)=O)c2ccccc12. The Bertz CT molecular complexity index is 520. The normalized spacial score (nSPS) is 10.5. The third-order valence-electron chi connectivity index (χ3n) is 2.48. The number of carbonyl (C=O) groups is 1. The average molecular weight is 200 g/mol. The van der Waals surface area contributed by atoms with Crippen molar-refractivity contribution in [3.05, 3.63) is 41.7 Å². The van der Waals surface area contributed by atoms with Crippen molar-refractivity contribution in [2.45, 2.75) is 13.3 Å². The number of pyridine rings is 1. The Morgan fingerprint density at radius 3 is 2.60 bits per heavy atom. The van der Waals surface area contributed by atoms with E-state index in [4.69, 9.17) is 5.73 Å². The van der Waals surface area contributed by atoms with Gasteiger partial charge in [0.1, 0.15) is 0 Å². The molecule has 0 aliphatic rings. The summed E-state index contributed by atoms with van der Waals surface area (Å²) >= 11 is 0. The Morgan fingerprint density at radius 1 is 1.33 bits per heavy atom. The van der Waals surface area contributed by atoms with Crippen LogP contribution in [-0.2, 0) is 6.42 Å². The number of amides is 1. The van der Waals surface area contributed by atoms with Gasteiger partial charge in [0, 0.05) is 17.3 Å². The summed E-state index contributed by atoms with van der Waals surface area (Å²) in [5.74, 6) is -0.429. The van der Waals surface area contributed by atoms with Gasteiger partial charge in [0.2, 0.25) is 0 Å². The van der Waals surface area contributed by atoms with Gasteiger partial charge >= 0.3 is 0 Å². The summed E-state index contributed by atoms with van der Waals surface area (Å²) in [5.41, 5.74) is 6.78. The second kappa shape index (κ2) is 3.69. The summed E-state index contributed by atoms with van der Waals surface area (Å²) in [6, 6.07) is 7.70. The lowest BCUT2D eigenvalue weighted by molar-refractivity contribution is 0.100. The Balaban J connectivity index is 2.83. The van der Waals surface area contributed by atoms with Crippen LogP contribution in [-0.4, -0.2) is 10.9 Å². The molecule has 3 heteroatoms. The number of carbonyl (C=O) groups excluding carboxylic acids is 1. The Kier molecular flexibility index (Phi) is 2.37. The molecular formula is C12H12N2O. The van der Waals surface area contributed by atoms with Crippen molar-refractivity contribution >= 4 is 16.7 Å². The van der Waals surface area contributed by atoms with E-state index in [1.807, 2.05) is 31.2 Å². The summed E-state index contributed by atoms with van der Waals surface area (Å²) in [6.07, 6.45) is 2.41. The predicted molar refractivity (Wildman–Crippen MR) is 59.6 cm³/mol. The van der Waals surface area contributed by atoms with E-state index in [1.165, 1.54) is 0 Å². The average Bonchev–Trinajstić information content (AvgIpc) is 2.27. The third-order valence-corrected chi connectivity index (χ3v) is 2.48. The first-order chi connectivity index (χ1) is 7.24. The number of hydrogen-bond acceptors (Lipinski definition) is 2. The van der Waals surface area contributed by atoms with E-state index in [-0.39, 0.29) is 0 Å². The topological polar surface area (TPSA) is 56.0 Å². The summed E-state index contributed by atoms with van der Waals surface area (Å²) < 4.78 is 0. The molecule has 0 unspecified atom stereocenters. The van der Waals surface area contributed by atoms with Crippen LogP contribution in [0.2, 0.25) is 0 Å². The molecular weight excluding hydrogens is 188 g/mol. The van der Waals surface area contributed by atoms with E-state index < -0.39 is 5.91 Å². The molecule has 2 rings (SSSR count). The molecule has 0 bridgehead atoms. The number of primary amides is 1. The molecule has 0 fully saturated rings. The van der Waals surface area contributed by atoms with Gasteiger partial charge in [-0.05, 0) is 11.8 Å². The molecule has 1 aromatic carbocycles. The van der Waals surface area contributed by atoms with Gasteiger partial charge in [-0.15, -0.1) is 0 Å². The molecule has 0 radical (unpaired) electrons. The number of fused-ring (bicyclic) bond motifs is 1. The van der Waals surface area contributed by atoms with Crippen LogP contribution in [0.3, 0.4) is 0 Å². The van der Waals surface area contributed by atoms with Crippen molar-refractivity contribution in [2.75, 3.05) is 0 Å². The standard InChI is InChI=1S/C12H12N2O/c1-2-11-9-6-4-3-5-8(9)10(7-14-11)12(13)15/h3-7H,2H2,1H3,(H2,13,15). The molecule has 1 heterocycles. The molecule has 15 heavy (non-hydrogen) atoms. The smallest absolute Gasteiger partial charge is 0.250 e. The minimum atomic E-state index is -0.429. The zero-order chi connectivity index (χ0) is 10.8. The molecule has 1 amide bonds. The quantitative estimate of drug-likeness (QED) is 0.804. The monoisotopic (exact) mass is 200 g/mol. The van der Waals surface area contributed by atoms with Crippen LogP contribution in [0.4, 0.5) is 0 Å². The summed E-state index contributed by atoms with van der Waals surface area (Å²) in [4.78, 5) is 15.4. The van der Waals surface area contributed by atoms with Gasteiger partial charge in [0.15, 0.2) is 0 Å². The van der Waals surface area contributed by atoms with Crippen LogP contribution in [0.25, 0.3) is 10.8 Å². The van der Waals surface area contributed by atoms with Crippen molar-refractivity contribution in [2.24, 2.45) is 5.73 Å². The fourth-order valence-corrected chi connectivity index (χ4v) is 1.73. The van der Waals surface area contributed by atoms with E-state index in [1.54, 1.807) is 6.20 Å². The zero-order valence-corrected chi connectivity index (χ0v) is 8.53. The number of hydrogen-bond donors (Lipinski definition) is 1. The van der Waals surface area contributed by atoms with Crippen LogP contribution in [0.15, 0.2) is 30.5 Å². The molecule has 2 aromatic rings. The van der Waals surface area contributed by atoms with Gasteiger partial charge in [-0.3, -0.25) is 9.78 Å². The fraction of sp³-hybridized carbons (Fsp3) is 0.167. The first-order valence-electron chi connectivity index (χ1n) is 4.90. The van der Waals surface area contributed by atoms with Gasteiger partial charge in [-0.1, -0.05) is 31.2 Å². The maximum Gasteiger partial charge on any atom is 0.250 e. The van der Waals surface area contributed by atoms with Gasteiger partial charge in [-0.2, -0.15) is 0 Å². The highest BCUT2D eigenvalue weighted by Gasteiger charge is 2.09. The van der Waals surface area contributed by atoms with E-state index in [2.05, 4.69) is 4.98 Å². The highest BCUT2D eigenvalue weighted by atomic mass is 16.1. The predicted octanol–water partition coefficient (Wildman–Crippen LogP) is 1.90. The molecule has 2 N–H and O–H groups in total. The highest BCUT2D eigenvalue weighted by Crippen LogP contribution is 2.20. The van der Waals surface area contributed by atoms with Crippen LogP contribution >= 0.6 is 0 Å². The minimum Gasteiger partial charge on any atom is -0.366 e. The van der Waals surface area contributed by atoms with Crippen molar-refractivity contribution in [1.29, 1.82) is 0 Å². The zero-order valence-electron chi connectivity index (χ0n) is 8.53. The molecule has 0 aliphatic heterocycles. The van der Waals surface area contributed by atoms with Crippen LogP contribution in [0.5, 0.6) is 0 Å². The lowest BCUT2D eigenvalue weighted by Crippen LogP contribution is -2.12. The minimum absolute atomic E-state index is 0.429. The molecule has 0 saturated carbocycles. The molecule has 0 aliphatic carbocycles. The largest absolute Gasteiger partial charge is 0.366 e. The van der Waals surface area contributed by atoms with Gasteiger partial charge in [-0.25, -0.2) is 0 Å². The lowest BCUT2D eigenvalue weighted by Gasteiger charge is -2.06. The Morgan fingerprint density at radius 2 is 2.00 bits per heavy atom. The second-order valence-electron chi connectivity index (χ2n) is 3.38. The van der Waals surface area contributed by atoms with Crippen molar-refractivity contribution in [1.82, 2.24) is 4.98 Å². The highest BCUT2D eigenvalue weighted by molar-refractivity contribution is 6.06. The molecule has 0 atom stereocenters. The van der Waals surface area contributed by atoms with Crippen LogP contribution < -0.4 is 5.73 Å². The van der Waals surface area contributed by atoms with Crippen molar-refractivity contribution < 1.29 is 4.79 Å². The van der Waals surface area contributed by atoms with Crippen molar-refractivity contribution in [3.63, 3.8) is 0 Å². The molecule has 0 saturated heterocycles. The first kappa shape index (κ1) is 9.65. The second-order valence-corrected chi connectivity index (χ2v) is 3.38. The molecule has 0 spiro atoms. The summed E-state index contributed by atoms with van der Waals surface area (Å²) in [6.45, 7) is 2.04. The number of nitrogens with two attached hydrogens (primary N) is 1. The molecule has 3 nitrogen and oxygen atoms in total. The van der Waals surface area contributed by atoms with Gasteiger partial charge in [0.25, 0.3) is 5.91 Å². The lowest BCUT2D eigenvalue weighted by atomic mass is 10.0. The molecule has 1 aromatic heterocycles. The summed E-state index contributed by atoms with van der Waals surface area (Å²) in [7, 11) is 0. The number of rotatable bonds is 2. The first-order valence-corrected chi connectivity index (χ1v) is 4.90. The van der Waals surface area contributed by atoms with E-state index in [0.29, 0.717) is 5.56 Å². The fourth-order valence-electron chi connectivity index (χ4n) is 1.73. The number of aromatic nitrogens is 1. The Labute approximate surface area is 87.9 Å². The number of aryl methyl sites for hydroxylation is 1. The summed E-state index contributed by atoms with van der Waals surface area (Å²) in [5, 5.41) is 1.90. The van der Waals surface area contributed by atoms with E-state index in [0.717, 1.165) is 22.9 Å². The maximum atomic E-state index is 11.2. The van der Waals surface area contributed by atoms with Crippen LogP contribution in [0, 0.1) is 0 Å². The molecule has 76 valence electrons. The third kappa shape index (κ3) is 1.56. The van der Waals surface area contributed by atoms with Crippen molar-refractivity contribution in [3.8, 4) is 0 Å². The van der Waals surface area contributed by atoms with E-state index in [9.17, 15) is 4.79 Å². The van der Waals surface area contributed by atoms with E-state index >= 15 is 0 Å². The Hall–Kier alpha value is -1.90. The van der Waals surface area contributed by atoms with Gasteiger partial charge in [0.05, 0.1) is 5.56 Å². The van der Waals surface area contributed by atoms with Crippen LogP contribution in [0.1, 0.15) is 23.0 Å². The maximum absolute atomic E-state index is 11.2. The number of benzene rings is 1.